The summed E-state index contributed by atoms with van der Waals surface area (Å²) < 4.78 is 46.0. The summed E-state index contributed by atoms with van der Waals surface area (Å²) in [6.45, 7) is 0.451. The largest absolute Gasteiger partial charge is 0.420 e. The van der Waals surface area contributed by atoms with Gasteiger partial charge in [-0.1, -0.05) is 12.1 Å². The van der Waals surface area contributed by atoms with E-state index in [-0.39, 0.29) is 43.5 Å². The highest BCUT2D eigenvalue weighted by Gasteiger charge is 2.30. The fourth-order valence-electron chi connectivity index (χ4n) is 3.33. The van der Waals surface area contributed by atoms with Gasteiger partial charge < -0.3 is 9.32 Å². The molecule has 0 N–H and O–H groups in total. The number of sulfonamides is 1. The van der Waals surface area contributed by atoms with Crippen molar-refractivity contribution in [2.45, 2.75) is 11.4 Å². The van der Waals surface area contributed by atoms with E-state index in [0.717, 1.165) is 12.1 Å². The third-order valence-corrected chi connectivity index (χ3v) is 6.82. The molecule has 0 atom stereocenters. The van der Waals surface area contributed by atoms with E-state index in [0.29, 0.717) is 11.1 Å². The Hall–Kier alpha value is -2.98. The number of benzene rings is 2. The second kappa shape index (κ2) is 7.45. The first kappa shape index (κ1) is 19.3. The Labute approximate surface area is 165 Å². The number of carbonyl (C=O) groups is 1. The normalized spacial score (nSPS) is 15.7. The van der Waals surface area contributed by atoms with Crippen molar-refractivity contribution in [3.8, 4) is 0 Å². The minimum Gasteiger partial charge on any atom is -0.408 e. The van der Waals surface area contributed by atoms with E-state index in [1.165, 1.54) is 25.9 Å². The zero-order valence-electron chi connectivity index (χ0n) is 15.3. The van der Waals surface area contributed by atoms with Crippen LogP contribution in [0.2, 0.25) is 0 Å². The molecule has 0 spiro atoms. The Kier molecular flexibility index (Phi) is 4.97. The molecular weight excluding hydrogens is 401 g/mol. The molecule has 0 aliphatic carbocycles. The topological polar surface area (TPSA) is 92.8 Å². The van der Waals surface area contributed by atoms with Crippen molar-refractivity contribution < 1.29 is 22.0 Å². The number of carbonyl (C=O) groups excluding carboxylic acids is 1. The summed E-state index contributed by atoms with van der Waals surface area (Å²) in [6.07, 6.45) is 0. The maximum Gasteiger partial charge on any atom is 0.420 e. The van der Waals surface area contributed by atoms with E-state index < -0.39 is 21.6 Å². The summed E-state index contributed by atoms with van der Waals surface area (Å²) in [5.74, 6) is -1.42. The van der Waals surface area contributed by atoms with Crippen LogP contribution in [0, 0.1) is 5.82 Å². The van der Waals surface area contributed by atoms with Gasteiger partial charge in [0.05, 0.1) is 10.4 Å². The van der Waals surface area contributed by atoms with Gasteiger partial charge in [0, 0.05) is 26.2 Å². The predicted octanol–water partition coefficient (Wildman–Crippen LogP) is 1.27. The standard InChI is InChI=1S/C19H18FN3O5S/c20-14-5-7-15(8-6-14)29(26,27)22-11-9-21(10-12-22)18(24)13-23-16-3-1-2-4-17(16)28-19(23)25/h1-8H,9-13H2. The highest BCUT2D eigenvalue weighted by Crippen LogP contribution is 2.18. The summed E-state index contributed by atoms with van der Waals surface area (Å²) in [6, 6.07) is 11.5. The zero-order chi connectivity index (χ0) is 20.6. The summed E-state index contributed by atoms with van der Waals surface area (Å²) in [7, 11) is -3.75. The van der Waals surface area contributed by atoms with Crippen molar-refractivity contribution in [3.05, 3.63) is 64.9 Å². The van der Waals surface area contributed by atoms with Gasteiger partial charge in [-0.2, -0.15) is 4.31 Å². The van der Waals surface area contributed by atoms with Crippen LogP contribution in [-0.2, 0) is 21.4 Å². The fraction of sp³-hybridized carbons (Fsp3) is 0.263. The van der Waals surface area contributed by atoms with E-state index in [1.54, 1.807) is 24.3 Å². The summed E-state index contributed by atoms with van der Waals surface area (Å²) in [5.41, 5.74) is 0.934. The highest BCUT2D eigenvalue weighted by atomic mass is 32.2. The number of halogens is 1. The van der Waals surface area contributed by atoms with Crippen LogP contribution in [0.15, 0.2) is 62.6 Å². The van der Waals surface area contributed by atoms with Gasteiger partial charge in [0.1, 0.15) is 12.4 Å². The number of hydrogen-bond acceptors (Lipinski definition) is 5. The lowest BCUT2D eigenvalue weighted by Crippen LogP contribution is -2.51. The summed E-state index contributed by atoms with van der Waals surface area (Å²) >= 11 is 0. The number of piperazine rings is 1. The molecular formula is C19H18FN3O5S. The number of fused-ring (bicyclic) bond motifs is 1. The third-order valence-electron chi connectivity index (χ3n) is 4.91. The molecule has 1 aliphatic heterocycles. The molecule has 1 saturated heterocycles. The molecule has 1 amide bonds. The molecule has 8 nitrogen and oxygen atoms in total. The van der Waals surface area contributed by atoms with E-state index in [1.807, 2.05) is 0 Å². The highest BCUT2D eigenvalue weighted by molar-refractivity contribution is 7.89. The third kappa shape index (κ3) is 3.68. The van der Waals surface area contributed by atoms with Crippen molar-refractivity contribution >= 4 is 27.0 Å². The van der Waals surface area contributed by atoms with E-state index in [4.69, 9.17) is 4.42 Å². The molecule has 152 valence electrons. The summed E-state index contributed by atoms with van der Waals surface area (Å²) in [4.78, 5) is 26.2. The maximum absolute atomic E-state index is 13.1. The molecule has 2 aromatic carbocycles. The monoisotopic (exact) mass is 419 g/mol. The van der Waals surface area contributed by atoms with Crippen molar-refractivity contribution in [1.82, 2.24) is 13.8 Å². The average Bonchev–Trinajstić information content (AvgIpc) is 3.03. The van der Waals surface area contributed by atoms with Crippen LogP contribution in [0.5, 0.6) is 0 Å². The Bertz CT molecular complexity index is 1210. The van der Waals surface area contributed by atoms with Crippen LogP contribution in [0.3, 0.4) is 0 Å². The summed E-state index contributed by atoms with van der Waals surface area (Å²) in [5, 5.41) is 0. The van der Waals surface area contributed by atoms with Crippen molar-refractivity contribution in [1.29, 1.82) is 0 Å². The molecule has 0 bridgehead atoms. The van der Waals surface area contributed by atoms with Gasteiger partial charge in [-0.15, -0.1) is 0 Å². The average molecular weight is 419 g/mol. The molecule has 3 aromatic rings. The van der Waals surface area contributed by atoms with Crippen molar-refractivity contribution in [3.63, 3.8) is 0 Å². The molecule has 2 heterocycles. The minimum absolute atomic E-state index is 0.00935. The second-order valence-corrected chi connectivity index (χ2v) is 8.60. The zero-order valence-corrected chi connectivity index (χ0v) is 16.1. The van der Waals surface area contributed by atoms with Gasteiger partial charge in [-0.25, -0.2) is 17.6 Å². The maximum atomic E-state index is 13.1. The molecule has 0 unspecified atom stereocenters. The molecule has 1 aliphatic rings. The van der Waals surface area contributed by atoms with Gasteiger partial charge in [0.15, 0.2) is 5.58 Å². The minimum atomic E-state index is -3.75. The molecule has 0 saturated carbocycles. The van der Waals surface area contributed by atoms with Gasteiger partial charge in [0.2, 0.25) is 15.9 Å². The van der Waals surface area contributed by atoms with E-state index >= 15 is 0 Å². The van der Waals surface area contributed by atoms with E-state index in [2.05, 4.69) is 0 Å². The van der Waals surface area contributed by atoms with Gasteiger partial charge in [-0.3, -0.25) is 9.36 Å². The smallest absolute Gasteiger partial charge is 0.408 e. The van der Waals surface area contributed by atoms with Crippen LogP contribution < -0.4 is 5.76 Å². The van der Waals surface area contributed by atoms with Gasteiger partial charge in [-0.05, 0) is 36.4 Å². The first-order valence-electron chi connectivity index (χ1n) is 8.98. The Balaban J connectivity index is 1.44. The van der Waals surface area contributed by atoms with Gasteiger partial charge >= 0.3 is 5.76 Å². The van der Waals surface area contributed by atoms with Crippen LogP contribution in [0.1, 0.15) is 0 Å². The molecule has 10 heteroatoms. The Morgan fingerprint density at radius 3 is 2.34 bits per heavy atom. The first-order chi connectivity index (χ1) is 13.9. The first-order valence-corrected chi connectivity index (χ1v) is 10.4. The second-order valence-electron chi connectivity index (χ2n) is 6.66. The molecule has 29 heavy (non-hydrogen) atoms. The van der Waals surface area contributed by atoms with Crippen LogP contribution in [-0.4, -0.2) is 54.3 Å². The Morgan fingerprint density at radius 2 is 1.66 bits per heavy atom. The Morgan fingerprint density at radius 1 is 1.00 bits per heavy atom. The van der Waals surface area contributed by atoms with Crippen LogP contribution in [0.25, 0.3) is 11.1 Å². The molecule has 1 fully saturated rings. The quantitative estimate of drug-likeness (QED) is 0.635. The van der Waals surface area contributed by atoms with Crippen molar-refractivity contribution in [2.24, 2.45) is 0 Å². The number of oxazole rings is 1. The van der Waals surface area contributed by atoms with E-state index in [9.17, 15) is 22.4 Å². The molecule has 4 rings (SSSR count). The lowest BCUT2D eigenvalue weighted by molar-refractivity contribution is -0.133. The number of amides is 1. The lowest BCUT2D eigenvalue weighted by atomic mass is 10.3. The number of aromatic nitrogens is 1. The predicted molar refractivity (Wildman–Crippen MR) is 102 cm³/mol. The van der Waals surface area contributed by atoms with Crippen molar-refractivity contribution in [2.75, 3.05) is 26.2 Å². The van der Waals surface area contributed by atoms with Gasteiger partial charge in [0.25, 0.3) is 0 Å². The molecule has 1 aromatic heterocycles. The number of para-hydroxylation sites is 2. The van der Waals surface area contributed by atoms with Crippen LogP contribution >= 0.6 is 0 Å². The number of nitrogens with zero attached hydrogens (tertiary/aromatic N) is 3. The lowest BCUT2D eigenvalue weighted by Gasteiger charge is -2.34. The fourth-order valence-corrected chi connectivity index (χ4v) is 4.75. The van der Waals surface area contributed by atoms with Crippen LogP contribution in [0.4, 0.5) is 4.39 Å². The molecule has 0 radical (unpaired) electrons. The number of rotatable bonds is 4. The number of hydrogen-bond donors (Lipinski definition) is 0. The SMILES string of the molecule is O=C(Cn1c(=O)oc2ccccc21)N1CCN(S(=O)(=O)c2ccc(F)cc2)CC1.